The van der Waals surface area contributed by atoms with Crippen LogP contribution in [0.3, 0.4) is 0 Å². The van der Waals surface area contributed by atoms with Gasteiger partial charge < -0.3 is 0 Å². The smallest absolute Gasteiger partial charge is 0.0328 e. The largest absolute Gasteiger partial charge is 0.298 e. The molecule has 2 aliphatic heterocycles. The highest BCUT2D eigenvalue weighted by molar-refractivity contribution is 7.11. The fraction of sp³-hybridized carbons (Fsp3) is 0.579. The molecular formula is C19H26N2S2. The summed E-state index contributed by atoms with van der Waals surface area (Å²) in [5.74, 6) is 0. The molecule has 2 fully saturated rings. The van der Waals surface area contributed by atoms with E-state index in [2.05, 4.69) is 46.4 Å². The van der Waals surface area contributed by atoms with Gasteiger partial charge in [0.15, 0.2) is 0 Å². The van der Waals surface area contributed by atoms with Crippen LogP contribution in [0.15, 0.2) is 29.6 Å². The Bertz CT molecular complexity index is 624. The molecule has 0 radical (unpaired) electrons. The third-order valence-corrected chi connectivity index (χ3v) is 7.42. The molecule has 2 aromatic heterocycles. The number of aryl methyl sites for hydroxylation is 1. The molecule has 0 aromatic carbocycles. The first kappa shape index (κ1) is 15.8. The maximum atomic E-state index is 2.68. The predicted octanol–water partition coefficient (Wildman–Crippen LogP) is 4.61. The number of nitrogens with zero attached hydrogens (tertiary/aromatic N) is 2. The number of piperidine rings is 1. The van der Waals surface area contributed by atoms with Crippen LogP contribution >= 0.6 is 22.7 Å². The molecule has 124 valence electrons. The molecule has 2 aromatic rings. The van der Waals surface area contributed by atoms with E-state index in [0.29, 0.717) is 5.41 Å². The van der Waals surface area contributed by atoms with Crippen molar-refractivity contribution in [3.63, 3.8) is 0 Å². The molecule has 0 amide bonds. The summed E-state index contributed by atoms with van der Waals surface area (Å²) >= 11 is 3.86. The zero-order valence-corrected chi connectivity index (χ0v) is 15.6. The van der Waals surface area contributed by atoms with E-state index in [1.807, 2.05) is 22.7 Å². The van der Waals surface area contributed by atoms with Gasteiger partial charge in [-0.3, -0.25) is 9.80 Å². The van der Waals surface area contributed by atoms with Gasteiger partial charge in [-0.25, -0.2) is 0 Å². The molecule has 2 saturated heterocycles. The highest BCUT2D eigenvalue weighted by atomic mass is 32.1. The van der Waals surface area contributed by atoms with Crippen molar-refractivity contribution in [1.82, 2.24) is 9.80 Å². The average molecular weight is 347 g/mol. The lowest BCUT2D eigenvalue weighted by atomic mass is 9.78. The summed E-state index contributed by atoms with van der Waals surface area (Å²) < 4.78 is 0. The van der Waals surface area contributed by atoms with Crippen LogP contribution in [0.5, 0.6) is 0 Å². The fourth-order valence-corrected chi connectivity index (χ4v) is 5.85. The van der Waals surface area contributed by atoms with E-state index in [-0.39, 0.29) is 0 Å². The number of thiophene rings is 2. The summed E-state index contributed by atoms with van der Waals surface area (Å²) in [4.78, 5) is 9.84. The maximum absolute atomic E-state index is 2.68. The molecule has 2 aliphatic rings. The molecule has 4 heteroatoms. The molecule has 1 spiro atoms. The Morgan fingerprint density at radius 1 is 0.957 bits per heavy atom. The third-order valence-electron chi connectivity index (χ3n) is 5.57. The fourth-order valence-electron chi connectivity index (χ4n) is 4.17. The van der Waals surface area contributed by atoms with Gasteiger partial charge in [-0.2, -0.15) is 0 Å². The Hall–Kier alpha value is -0.680. The minimum absolute atomic E-state index is 0.610. The van der Waals surface area contributed by atoms with E-state index in [9.17, 15) is 0 Å². The van der Waals surface area contributed by atoms with E-state index in [1.165, 1.54) is 60.1 Å². The standard InChI is InChI=1S/C19H26N2S2/c1-16-4-5-18(23-16)14-20-9-6-19(7-10-20)8-11-21(15-19)13-17-3-2-12-22-17/h2-5,12H,6-11,13-15H2,1H3. The van der Waals surface area contributed by atoms with E-state index < -0.39 is 0 Å². The van der Waals surface area contributed by atoms with Crippen molar-refractivity contribution in [2.75, 3.05) is 26.2 Å². The van der Waals surface area contributed by atoms with Crippen molar-refractivity contribution in [3.8, 4) is 0 Å². The summed E-state index contributed by atoms with van der Waals surface area (Å²) in [6.07, 6.45) is 4.18. The summed E-state index contributed by atoms with van der Waals surface area (Å²) in [6.45, 7) is 9.71. The van der Waals surface area contributed by atoms with E-state index in [4.69, 9.17) is 0 Å². The minimum Gasteiger partial charge on any atom is -0.298 e. The molecule has 4 rings (SSSR count). The van der Waals surface area contributed by atoms with Gasteiger partial charge >= 0.3 is 0 Å². The number of likely N-dealkylation sites (tertiary alicyclic amines) is 2. The molecule has 0 aliphatic carbocycles. The SMILES string of the molecule is Cc1ccc(CN2CCC3(CC2)CCN(Cc2cccs2)C3)s1. The Balaban J connectivity index is 1.29. The summed E-state index contributed by atoms with van der Waals surface area (Å²) in [5.41, 5.74) is 0.610. The van der Waals surface area contributed by atoms with E-state index in [1.54, 1.807) is 0 Å². The van der Waals surface area contributed by atoms with Crippen molar-refractivity contribution in [1.29, 1.82) is 0 Å². The van der Waals surface area contributed by atoms with Crippen LogP contribution in [-0.2, 0) is 13.1 Å². The monoisotopic (exact) mass is 346 g/mol. The summed E-state index contributed by atoms with van der Waals surface area (Å²) in [5, 5.41) is 2.20. The molecule has 0 unspecified atom stereocenters. The van der Waals surface area contributed by atoms with Crippen LogP contribution in [0.1, 0.15) is 33.9 Å². The van der Waals surface area contributed by atoms with Gasteiger partial charge in [0.2, 0.25) is 0 Å². The van der Waals surface area contributed by atoms with Gasteiger partial charge in [0, 0.05) is 34.3 Å². The molecule has 4 heterocycles. The topological polar surface area (TPSA) is 6.48 Å². The molecule has 0 bridgehead atoms. The molecular weight excluding hydrogens is 320 g/mol. The zero-order chi connectivity index (χ0) is 15.7. The second-order valence-electron chi connectivity index (χ2n) is 7.33. The number of rotatable bonds is 4. The predicted molar refractivity (Wildman–Crippen MR) is 100 cm³/mol. The third kappa shape index (κ3) is 3.71. The van der Waals surface area contributed by atoms with Crippen LogP contribution in [0.2, 0.25) is 0 Å². The van der Waals surface area contributed by atoms with Crippen molar-refractivity contribution in [2.24, 2.45) is 5.41 Å². The van der Waals surface area contributed by atoms with Crippen LogP contribution in [-0.4, -0.2) is 36.0 Å². The average Bonchev–Trinajstić information content (AvgIpc) is 3.26. The first-order valence-corrected chi connectivity index (χ1v) is 10.4. The van der Waals surface area contributed by atoms with Crippen molar-refractivity contribution in [3.05, 3.63) is 44.3 Å². The Labute approximate surface area is 147 Å². The number of hydrogen-bond donors (Lipinski definition) is 0. The van der Waals surface area contributed by atoms with Crippen molar-refractivity contribution < 1.29 is 0 Å². The number of hydrogen-bond acceptors (Lipinski definition) is 4. The molecule has 2 nitrogen and oxygen atoms in total. The van der Waals surface area contributed by atoms with Gasteiger partial charge in [-0.15, -0.1) is 22.7 Å². The summed E-state index contributed by atoms with van der Waals surface area (Å²) in [6, 6.07) is 9.02. The quantitative estimate of drug-likeness (QED) is 0.798. The molecule has 0 atom stereocenters. The van der Waals surface area contributed by atoms with Crippen molar-refractivity contribution in [2.45, 2.75) is 39.3 Å². The lowest BCUT2D eigenvalue weighted by molar-refractivity contribution is 0.103. The Morgan fingerprint density at radius 2 is 1.70 bits per heavy atom. The summed E-state index contributed by atoms with van der Waals surface area (Å²) in [7, 11) is 0. The minimum atomic E-state index is 0.610. The first-order valence-electron chi connectivity index (χ1n) is 8.73. The van der Waals surface area contributed by atoms with Gasteiger partial charge in [0.25, 0.3) is 0 Å². The van der Waals surface area contributed by atoms with E-state index >= 15 is 0 Å². The van der Waals surface area contributed by atoms with E-state index in [0.717, 1.165) is 13.1 Å². The Morgan fingerprint density at radius 3 is 2.35 bits per heavy atom. The van der Waals surface area contributed by atoms with Gasteiger partial charge in [0.1, 0.15) is 0 Å². The Kier molecular flexibility index (Phi) is 4.59. The van der Waals surface area contributed by atoms with Crippen molar-refractivity contribution >= 4 is 22.7 Å². The lowest BCUT2D eigenvalue weighted by Gasteiger charge is -2.39. The van der Waals surface area contributed by atoms with Gasteiger partial charge in [-0.05, 0) is 74.8 Å². The zero-order valence-electron chi connectivity index (χ0n) is 14.0. The second kappa shape index (κ2) is 6.67. The van der Waals surface area contributed by atoms with Crippen LogP contribution < -0.4 is 0 Å². The molecule has 0 saturated carbocycles. The van der Waals surface area contributed by atoms with Crippen LogP contribution in [0.25, 0.3) is 0 Å². The molecule has 23 heavy (non-hydrogen) atoms. The maximum Gasteiger partial charge on any atom is 0.0328 e. The van der Waals surface area contributed by atoms with Gasteiger partial charge in [0.05, 0.1) is 0 Å². The first-order chi connectivity index (χ1) is 11.2. The van der Waals surface area contributed by atoms with Crippen LogP contribution in [0, 0.1) is 12.3 Å². The van der Waals surface area contributed by atoms with Gasteiger partial charge in [-0.1, -0.05) is 6.07 Å². The highest BCUT2D eigenvalue weighted by Gasteiger charge is 2.40. The second-order valence-corrected chi connectivity index (χ2v) is 9.73. The lowest BCUT2D eigenvalue weighted by Crippen LogP contribution is -2.41. The normalized spacial score (nSPS) is 22.1. The van der Waals surface area contributed by atoms with Crippen LogP contribution in [0.4, 0.5) is 0 Å². The highest BCUT2D eigenvalue weighted by Crippen LogP contribution is 2.41. The molecule has 0 N–H and O–H groups in total.